The predicted octanol–water partition coefficient (Wildman–Crippen LogP) is 3.76. The molecule has 10 rings (SSSR count). The van der Waals surface area contributed by atoms with Crippen molar-refractivity contribution >= 4 is 12.3 Å². The fraction of sp³-hybridized carbons (Fsp3) is 0.689. The van der Waals surface area contributed by atoms with Gasteiger partial charge < -0.3 is 40.4 Å². The van der Waals surface area contributed by atoms with Crippen LogP contribution in [0.3, 0.4) is 0 Å². The Balaban J connectivity index is 1.26. The number of allylic oxidation sites excluding steroid dienone is 2. The summed E-state index contributed by atoms with van der Waals surface area (Å²) < 4.78 is 6.22. The third-order valence-electron chi connectivity index (χ3n) is 16.6. The van der Waals surface area contributed by atoms with Crippen LogP contribution in [0.2, 0.25) is 0 Å². The minimum Gasteiger partial charge on any atom is -0.454 e. The molecule has 54 heavy (non-hydrogen) atoms. The van der Waals surface area contributed by atoms with Gasteiger partial charge in [-0.15, -0.1) is 0 Å². The Bertz CT molecular complexity index is 1860. The first kappa shape index (κ1) is 36.8. The molecule has 9 heteroatoms. The SMILES string of the molecule is CN[C@H]1Cc2c(cccc2CO)C#CCC[C@]23C[C@H]4C=C[C@@H]5C[C@H](O)C[C@@]6(O)[C@H](CCC(C)C)C[C@@](O)([C@@H]4[C@@]56C=O)[C@@]2(O)C[C@H]2C[C@H]1[C@H]1OC(=O)C=C1[C@@H]23. The fourth-order valence-corrected chi connectivity index (χ4v) is 14.8. The molecule has 0 saturated heterocycles. The molecule has 290 valence electrons. The summed E-state index contributed by atoms with van der Waals surface area (Å²) in [7, 11) is 1.92. The van der Waals surface area contributed by atoms with E-state index in [1.807, 2.05) is 31.3 Å². The Labute approximate surface area is 318 Å². The molecule has 5 saturated carbocycles. The Morgan fingerprint density at radius 2 is 1.89 bits per heavy atom. The monoisotopic (exact) mass is 739 g/mol. The highest BCUT2D eigenvalue weighted by Gasteiger charge is 2.84. The van der Waals surface area contributed by atoms with Crippen LogP contribution in [-0.2, 0) is 27.4 Å². The molecule has 9 aliphatic rings. The van der Waals surface area contributed by atoms with Gasteiger partial charge >= 0.3 is 5.97 Å². The lowest BCUT2D eigenvalue weighted by molar-refractivity contribution is -0.351. The van der Waals surface area contributed by atoms with Gasteiger partial charge in [-0.3, -0.25) is 0 Å². The number of carbonyl (C=O) groups is 2. The van der Waals surface area contributed by atoms with E-state index in [9.17, 15) is 35.1 Å². The number of hydrogen-bond donors (Lipinski definition) is 6. The minimum atomic E-state index is -1.74. The van der Waals surface area contributed by atoms with Crippen molar-refractivity contribution in [1.82, 2.24) is 5.32 Å². The zero-order chi connectivity index (χ0) is 38.0. The molecule has 1 heterocycles. The number of hydrogen-bond acceptors (Lipinski definition) is 9. The van der Waals surface area contributed by atoms with E-state index in [2.05, 4.69) is 37.1 Å². The highest BCUT2D eigenvalue weighted by molar-refractivity contribution is 5.86. The zero-order valence-corrected chi connectivity index (χ0v) is 31.8. The smallest absolute Gasteiger partial charge is 0.331 e. The van der Waals surface area contributed by atoms with Gasteiger partial charge in [0.2, 0.25) is 0 Å². The first-order chi connectivity index (χ1) is 25.8. The van der Waals surface area contributed by atoms with Crippen molar-refractivity contribution in [3.8, 4) is 11.8 Å². The van der Waals surface area contributed by atoms with Crippen molar-refractivity contribution in [2.24, 2.45) is 58.2 Å². The molecule has 0 aromatic heterocycles. The number of nitrogens with one attached hydrogen (secondary N) is 1. The van der Waals surface area contributed by atoms with E-state index < -0.39 is 57.6 Å². The van der Waals surface area contributed by atoms with Crippen molar-refractivity contribution in [3.05, 3.63) is 58.7 Å². The normalized spacial score (nSPS) is 48.1. The fourth-order valence-electron chi connectivity index (χ4n) is 14.8. The second kappa shape index (κ2) is 12.6. The van der Waals surface area contributed by atoms with Crippen LogP contribution in [0.5, 0.6) is 0 Å². The van der Waals surface area contributed by atoms with Crippen LogP contribution < -0.4 is 5.32 Å². The quantitative estimate of drug-likeness (QED) is 0.111. The summed E-state index contributed by atoms with van der Waals surface area (Å²) in [4.78, 5) is 27.4. The van der Waals surface area contributed by atoms with E-state index in [1.54, 1.807) is 6.08 Å². The number of carbonyl (C=O) groups excluding carboxylic acids is 2. The van der Waals surface area contributed by atoms with Crippen molar-refractivity contribution < 1.29 is 39.9 Å². The molecule has 9 nitrogen and oxygen atoms in total. The number of benzene rings is 1. The third-order valence-corrected chi connectivity index (χ3v) is 16.6. The Kier molecular flexibility index (Phi) is 8.57. The number of esters is 1. The number of aliphatic hydroxyl groups is 5. The highest BCUT2D eigenvalue weighted by Crippen LogP contribution is 2.79. The van der Waals surface area contributed by atoms with Gasteiger partial charge in [0.05, 0.1) is 29.3 Å². The van der Waals surface area contributed by atoms with Gasteiger partial charge in [0.1, 0.15) is 18.0 Å². The summed E-state index contributed by atoms with van der Waals surface area (Å²) in [6, 6.07) is 5.71. The van der Waals surface area contributed by atoms with Gasteiger partial charge in [-0.25, -0.2) is 4.79 Å². The molecule has 4 bridgehead atoms. The van der Waals surface area contributed by atoms with Crippen LogP contribution in [0.1, 0.15) is 94.7 Å². The van der Waals surface area contributed by atoms with Crippen molar-refractivity contribution in [2.75, 3.05) is 7.05 Å². The predicted molar refractivity (Wildman–Crippen MR) is 200 cm³/mol. The Morgan fingerprint density at radius 3 is 2.63 bits per heavy atom. The van der Waals surface area contributed by atoms with Crippen LogP contribution >= 0.6 is 0 Å². The van der Waals surface area contributed by atoms with Gasteiger partial charge in [0, 0.05) is 47.8 Å². The standard InChI is InChI=1S/C45H57NO8/c1-25(2)10-12-31-21-44(52)40-27(11-13-30-16-32(49)22-43(31,51)42(30,40)24-48)19-41-14-5-4-7-26-8-6-9-28(23-47)33(26)17-36(46-3)34-15-29(20-45(41,44)53)38(41)35-18-37(50)54-39(34)35/h6,8-9,11,13,18,24-25,27,29-32,34,36,38-40,46-47,49,51-53H,5,10,12,14-17,19-23H2,1-3H3/t27-,29-,30-,31-,32+,34-,36+,38-,39-,40+,41-,42-,43-,44-,45-/m1/s1. The first-order valence-electron chi connectivity index (χ1n) is 20.6. The van der Waals surface area contributed by atoms with Crippen LogP contribution in [-0.4, -0.2) is 79.9 Å². The van der Waals surface area contributed by atoms with Gasteiger partial charge in [-0.1, -0.05) is 56.4 Å². The molecule has 1 aromatic carbocycles. The topological polar surface area (TPSA) is 157 Å². The average molecular weight is 740 g/mol. The number of likely N-dealkylation sites (N-methyl/N-ethyl adjacent to an activating group) is 1. The van der Waals surface area contributed by atoms with Gasteiger partial charge in [-0.05, 0) is 117 Å². The van der Waals surface area contributed by atoms with Crippen molar-refractivity contribution in [1.29, 1.82) is 0 Å². The number of ether oxygens (including phenoxy) is 1. The molecule has 15 atom stereocenters. The van der Waals surface area contributed by atoms with Crippen LogP contribution in [0, 0.1) is 70.0 Å². The lowest BCUT2D eigenvalue weighted by Gasteiger charge is -2.74. The van der Waals surface area contributed by atoms with Crippen molar-refractivity contribution in [2.45, 2.75) is 126 Å². The molecule has 0 radical (unpaired) electrons. The van der Waals surface area contributed by atoms with Gasteiger partial charge in [-0.2, -0.15) is 0 Å². The van der Waals surface area contributed by atoms with Crippen LogP contribution in [0.15, 0.2) is 42.0 Å². The number of aldehydes is 1. The maximum absolute atomic E-state index is 14.0. The Morgan fingerprint density at radius 1 is 1.07 bits per heavy atom. The largest absolute Gasteiger partial charge is 0.454 e. The summed E-state index contributed by atoms with van der Waals surface area (Å²) >= 11 is 0. The maximum atomic E-state index is 14.0. The minimum absolute atomic E-state index is 0.0725. The molecular formula is C45H57NO8. The van der Waals surface area contributed by atoms with Crippen LogP contribution in [0.25, 0.3) is 0 Å². The summed E-state index contributed by atoms with van der Waals surface area (Å²) in [6.07, 6.45) is 10.2. The van der Waals surface area contributed by atoms with Crippen LogP contribution in [0.4, 0.5) is 0 Å². The molecule has 1 spiro atoms. The second-order valence-corrected chi connectivity index (χ2v) is 19.1. The lowest BCUT2D eigenvalue weighted by Crippen LogP contribution is -2.82. The Hall–Kier alpha value is -2.84. The molecule has 5 fully saturated rings. The molecule has 1 aliphatic heterocycles. The van der Waals surface area contributed by atoms with E-state index in [1.165, 1.54) is 0 Å². The molecule has 1 aromatic rings. The van der Waals surface area contributed by atoms with E-state index >= 15 is 0 Å². The molecule has 0 amide bonds. The second-order valence-electron chi connectivity index (χ2n) is 19.1. The third kappa shape index (κ3) is 4.62. The number of rotatable bonds is 6. The zero-order valence-electron chi connectivity index (χ0n) is 31.8. The van der Waals surface area contributed by atoms with Gasteiger partial charge in [0.15, 0.2) is 0 Å². The van der Waals surface area contributed by atoms with E-state index in [-0.39, 0.29) is 55.1 Å². The van der Waals surface area contributed by atoms with Gasteiger partial charge in [0.25, 0.3) is 0 Å². The van der Waals surface area contributed by atoms with E-state index in [0.717, 1.165) is 35.0 Å². The maximum Gasteiger partial charge on any atom is 0.331 e. The van der Waals surface area contributed by atoms with E-state index in [4.69, 9.17) is 4.74 Å². The summed E-state index contributed by atoms with van der Waals surface area (Å²) in [6.45, 7) is 4.14. The first-order valence-corrected chi connectivity index (χ1v) is 20.6. The molecular weight excluding hydrogens is 682 g/mol. The molecule has 0 unspecified atom stereocenters. The van der Waals surface area contributed by atoms with Crippen molar-refractivity contribution in [3.63, 3.8) is 0 Å². The number of fused-ring (bicyclic) bond motifs is 4. The highest BCUT2D eigenvalue weighted by atomic mass is 16.5. The summed E-state index contributed by atoms with van der Waals surface area (Å²) in [5, 5.41) is 66.1. The summed E-state index contributed by atoms with van der Waals surface area (Å²) in [5.41, 5.74) is -3.66. The molecule has 6 N–H and O–H groups in total. The lowest BCUT2D eigenvalue weighted by atomic mass is 9.32. The molecule has 8 aliphatic carbocycles. The average Bonchev–Trinajstić information content (AvgIpc) is 3.64. The van der Waals surface area contributed by atoms with E-state index in [0.29, 0.717) is 57.3 Å². The number of aliphatic hydroxyl groups excluding tert-OH is 2. The summed E-state index contributed by atoms with van der Waals surface area (Å²) in [5.74, 6) is 4.27.